The molecule has 0 saturated carbocycles. The third-order valence-electron chi connectivity index (χ3n) is 4.13. The molecule has 26 heavy (non-hydrogen) atoms. The van der Waals surface area contributed by atoms with E-state index in [1.54, 1.807) is 24.4 Å². The third-order valence-corrected chi connectivity index (χ3v) is 4.13. The lowest BCUT2D eigenvalue weighted by atomic mass is 9.84. The van der Waals surface area contributed by atoms with Crippen LogP contribution in [0.15, 0.2) is 83.9 Å². The number of nitrogens with zero attached hydrogens (tertiary/aromatic N) is 1. The summed E-state index contributed by atoms with van der Waals surface area (Å²) in [6.07, 6.45) is 3.23. The third kappa shape index (κ3) is 5.46. The molecule has 0 aromatic heterocycles. The molecule has 0 bridgehead atoms. The first-order valence-corrected chi connectivity index (χ1v) is 8.45. The Balaban J connectivity index is 2.36. The second-order valence-electron chi connectivity index (χ2n) is 6.36. The molecule has 2 rings (SSSR count). The quantitative estimate of drug-likeness (QED) is 0.512. The van der Waals surface area contributed by atoms with Gasteiger partial charge in [0.05, 0.1) is 12.1 Å². The molecule has 1 unspecified atom stereocenters. The Morgan fingerprint density at radius 2 is 1.92 bits per heavy atom. The molecular formula is C22H24F2N2. The smallest absolute Gasteiger partial charge is 0.263 e. The number of hydrogen-bond donors (Lipinski definition) is 1. The van der Waals surface area contributed by atoms with E-state index in [1.807, 2.05) is 43.3 Å². The van der Waals surface area contributed by atoms with Crippen LogP contribution in [0.4, 0.5) is 8.78 Å². The zero-order valence-corrected chi connectivity index (χ0v) is 14.9. The molecular weight excluding hydrogens is 330 g/mol. The Morgan fingerprint density at radius 1 is 1.19 bits per heavy atom. The minimum atomic E-state index is -2.53. The van der Waals surface area contributed by atoms with E-state index in [0.717, 1.165) is 11.1 Å². The summed E-state index contributed by atoms with van der Waals surface area (Å²) in [6.45, 7) is 5.86. The van der Waals surface area contributed by atoms with Gasteiger partial charge in [-0.25, -0.2) is 8.78 Å². The van der Waals surface area contributed by atoms with Crippen LogP contribution in [0.1, 0.15) is 30.0 Å². The highest BCUT2D eigenvalue weighted by molar-refractivity contribution is 5.78. The number of halogens is 2. The first-order valence-electron chi connectivity index (χ1n) is 8.45. The van der Waals surface area contributed by atoms with Crippen molar-refractivity contribution >= 4 is 6.21 Å². The van der Waals surface area contributed by atoms with Crippen LogP contribution < -0.4 is 5.73 Å². The lowest BCUT2D eigenvalue weighted by Crippen LogP contribution is -2.42. The molecule has 0 fully saturated rings. The van der Waals surface area contributed by atoms with Gasteiger partial charge in [-0.1, -0.05) is 67.3 Å². The van der Waals surface area contributed by atoms with Gasteiger partial charge < -0.3 is 5.73 Å². The second kappa shape index (κ2) is 9.20. The Kier molecular flexibility index (Phi) is 6.98. The van der Waals surface area contributed by atoms with Gasteiger partial charge in [0.15, 0.2) is 0 Å². The molecule has 0 aliphatic heterocycles. The molecule has 0 spiro atoms. The summed E-state index contributed by atoms with van der Waals surface area (Å²) in [6, 6.07) is 16.1. The Bertz CT molecular complexity index is 782. The van der Waals surface area contributed by atoms with Gasteiger partial charge in [-0.3, -0.25) is 4.99 Å². The predicted molar refractivity (Wildman–Crippen MR) is 105 cm³/mol. The van der Waals surface area contributed by atoms with E-state index in [-0.39, 0.29) is 12.1 Å². The van der Waals surface area contributed by atoms with Crippen molar-refractivity contribution in [2.45, 2.75) is 25.3 Å². The molecule has 4 heteroatoms. The van der Waals surface area contributed by atoms with E-state index in [1.165, 1.54) is 12.1 Å². The minimum absolute atomic E-state index is 0.0305. The van der Waals surface area contributed by atoms with Crippen molar-refractivity contribution in [1.82, 2.24) is 0 Å². The Morgan fingerprint density at radius 3 is 2.58 bits per heavy atom. The highest BCUT2D eigenvalue weighted by atomic mass is 19.3. The second-order valence-corrected chi connectivity index (χ2v) is 6.36. The van der Waals surface area contributed by atoms with E-state index in [0.29, 0.717) is 12.0 Å². The van der Waals surface area contributed by atoms with Crippen molar-refractivity contribution in [2.75, 3.05) is 6.54 Å². The van der Waals surface area contributed by atoms with E-state index in [2.05, 4.69) is 11.6 Å². The fraction of sp³-hybridized carbons (Fsp3) is 0.227. The number of nitrogens with two attached hydrogens (primary N) is 1. The van der Waals surface area contributed by atoms with Gasteiger partial charge in [-0.05, 0) is 36.1 Å². The number of benzene rings is 2. The summed E-state index contributed by atoms with van der Waals surface area (Å²) in [5.41, 5.74) is 8.41. The van der Waals surface area contributed by atoms with Crippen LogP contribution >= 0.6 is 0 Å². The molecule has 2 aromatic rings. The van der Waals surface area contributed by atoms with Gasteiger partial charge in [0.1, 0.15) is 0 Å². The summed E-state index contributed by atoms with van der Waals surface area (Å²) < 4.78 is 26.2. The molecule has 0 radical (unpaired) electrons. The Hall–Kier alpha value is -2.59. The standard InChI is InChI=1S/C22H24F2N2/c1-3-8-17(2)15-26-16-22(25,14-18-9-5-4-6-10-18)20-12-7-11-19(13-20)21(23)24/h3-13,15,21H,1,14,16,25H2,2H3/b17-8-,26-15?. The normalized spacial score (nSPS) is 14.6. The van der Waals surface area contributed by atoms with E-state index >= 15 is 0 Å². The minimum Gasteiger partial charge on any atom is -0.320 e. The monoisotopic (exact) mass is 354 g/mol. The lowest BCUT2D eigenvalue weighted by Gasteiger charge is -2.29. The molecule has 0 saturated heterocycles. The fourth-order valence-corrected chi connectivity index (χ4v) is 2.77. The van der Waals surface area contributed by atoms with E-state index < -0.39 is 12.0 Å². The molecule has 1 atom stereocenters. The molecule has 0 aliphatic carbocycles. The molecule has 0 aliphatic rings. The van der Waals surface area contributed by atoms with Crippen LogP contribution in [0.25, 0.3) is 0 Å². The average Bonchev–Trinajstić information content (AvgIpc) is 2.63. The number of aliphatic imine (C=N–C) groups is 1. The van der Waals surface area contributed by atoms with Crippen molar-refractivity contribution in [3.63, 3.8) is 0 Å². The summed E-state index contributed by atoms with van der Waals surface area (Å²) in [5.74, 6) is 0. The highest BCUT2D eigenvalue weighted by Crippen LogP contribution is 2.28. The lowest BCUT2D eigenvalue weighted by molar-refractivity contribution is 0.151. The first-order chi connectivity index (χ1) is 12.4. The SMILES string of the molecule is C=C/C=C(/C)C=NCC(N)(Cc1ccccc1)c1cccc(C(F)F)c1. The molecule has 0 amide bonds. The van der Waals surface area contributed by atoms with Crippen molar-refractivity contribution < 1.29 is 8.78 Å². The molecule has 2 N–H and O–H groups in total. The summed E-state index contributed by atoms with van der Waals surface area (Å²) in [7, 11) is 0. The van der Waals surface area contributed by atoms with Crippen molar-refractivity contribution in [3.05, 3.63) is 95.6 Å². The maximum absolute atomic E-state index is 13.1. The summed E-state index contributed by atoms with van der Waals surface area (Å²) in [5, 5.41) is 0. The van der Waals surface area contributed by atoms with Crippen LogP contribution in [-0.2, 0) is 12.0 Å². The number of alkyl halides is 2. The van der Waals surface area contributed by atoms with Crippen molar-refractivity contribution in [3.8, 4) is 0 Å². The van der Waals surface area contributed by atoms with Gasteiger partial charge in [0.25, 0.3) is 6.43 Å². The van der Waals surface area contributed by atoms with E-state index in [4.69, 9.17) is 5.73 Å². The Labute approximate surface area is 153 Å². The van der Waals surface area contributed by atoms with Crippen LogP contribution in [0.2, 0.25) is 0 Å². The highest BCUT2D eigenvalue weighted by Gasteiger charge is 2.28. The van der Waals surface area contributed by atoms with E-state index in [9.17, 15) is 8.78 Å². The number of allylic oxidation sites excluding steroid dienone is 3. The maximum Gasteiger partial charge on any atom is 0.263 e. The molecule has 0 heterocycles. The molecule has 2 nitrogen and oxygen atoms in total. The van der Waals surface area contributed by atoms with Gasteiger partial charge in [-0.15, -0.1) is 0 Å². The summed E-state index contributed by atoms with van der Waals surface area (Å²) in [4.78, 5) is 4.46. The van der Waals surface area contributed by atoms with Crippen LogP contribution in [0.3, 0.4) is 0 Å². The van der Waals surface area contributed by atoms with Gasteiger partial charge >= 0.3 is 0 Å². The van der Waals surface area contributed by atoms with Crippen LogP contribution in [0.5, 0.6) is 0 Å². The number of rotatable bonds is 8. The zero-order chi connectivity index (χ0) is 19.0. The molecule has 136 valence electrons. The topological polar surface area (TPSA) is 38.4 Å². The fourth-order valence-electron chi connectivity index (χ4n) is 2.77. The predicted octanol–water partition coefficient (Wildman–Crippen LogP) is 5.22. The first kappa shape index (κ1) is 19.7. The van der Waals surface area contributed by atoms with Crippen LogP contribution in [-0.4, -0.2) is 12.8 Å². The summed E-state index contributed by atoms with van der Waals surface area (Å²) >= 11 is 0. The maximum atomic E-state index is 13.1. The van der Waals surface area contributed by atoms with Crippen molar-refractivity contribution in [2.24, 2.45) is 10.7 Å². The van der Waals surface area contributed by atoms with Gasteiger partial charge in [0, 0.05) is 11.8 Å². The van der Waals surface area contributed by atoms with Gasteiger partial charge in [0.2, 0.25) is 0 Å². The largest absolute Gasteiger partial charge is 0.320 e. The number of hydrogen-bond acceptors (Lipinski definition) is 2. The molecule has 2 aromatic carbocycles. The van der Waals surface area contributed by atoms with Crippen LogP contribution in [0, 0.1) is 0 Å². The van der Waals surface area contributed by atoms with Crippen molar-refractivity contribution in [1.29, 1.82) is 0 Å². The van der Waals surface area contributed by atoms with Gasteiger partial charge in [-0.2, -0.15) is 0 Å². The zero-order valence-electron chi connectivity index (χ0n) is 14.9. The average molecular weight is 354 g/mol.